The minimum absolute atomic E-state index is 0.119. The molecule has 1 aliphatic rings. The van der Waals surface area contributed by atoms with Crippen molar-refractivity contribution in [1.82, 2.24) is 10.2 Å². The minimum atomic E-state index is -4.41. The van der Waals surface area contributed by atoms with Crippen molar-refractivity contribution in [3.63, 3.8) is 0 Å². The molecule has 25 heavy (non-hydrogen) atoms. The summed E-state index contributed by atoms with van der Waals surface area (Å²) in [6.07, 6.45) is -5.27. The van der Waals surface area contributed by atoms with Gasteiger partial charge in [0.05, 0.1) is 18.2 Å². The molecule has 0 saturated heterocycles. The fraction of sp³-hybridized carbons (Fsp3) is 0.500. The van der Waals surface area contributed by atoms with Gasteiger partial charge in [0.15, 0.2) is 0 Å². The van der Waals surface area contributed by atoms with E-state index >= 15 is 0 Å². The van der Waals surface area contributed by atoms with Crippen LogP contribution in [-0.4, -0.2) is 47.1 Å². The van der Waals surface area contributed by atoms with Crippen LogP contribution in [0.25, 0.3) is 0 Å². The molecule has 1 aliphatic heterocycles. The van der Waals surface area contributed by atoms with Gasteiger partial charge in [0.2, 0.25) is 11.8 Å². The third-order valence-electron chi connectivity index (χ3n) is 4.11. The van der Waals surface area contributed by atoms with Gasteiger partial charge in [-0.2, -0.15) is 13.2 Å². The van der Waals surface area contributed by atoms with Gasteiger partial charge in [-0.05, 0) is 36.6 Å². The van der Waals surface area contributed by atoms with E-state index in [1.54, 1.807) is 0 Å². The van der Waals surface area contributed by atoms with Crippen molar-refractivity contribution in [3.05, 3.63) is 34.9 Å². The second-order valence-electron chi connectivity index (χ2n) is 5.98. The van der Waals surface area contributed by atoms with E-state index in [0.717, 1.165) is 12.1 Å². The number of benzene rings is 1. The van der Waals surface area contributed by atoms with E-state index in [1.807, 2.05) is 0 Å². The average molecular weight is 359 g/mol. The Bertz CT molecular complexity index is 662. The largest absolute Gasteiger partial charge is 0.416 e. The van der Waals surface area contributed by atoms with Crippen molar-refractivity contribution in [3.8, 4) is 0 Å². The van der Waals surface area contributed by atoms with Gasteiger partial charge in [0, 0.05) is 13.1 Å². The Hall–Kier alpha value is -2.13. The summed E-state index contributed by atoms with van der Waals surface area (Å²) in [7, 11) is 0. The molecule has 0 aromatic heterocycles. The number of amides is 2. The molecule has 1 aromatic carbocycles. The van der Waals surface area contributed by atoms with Gasteiger partial charge in [-0.25, -0.2) is 0 Å². The highest BCUT2D eigenvalue weighted by Crippen LogP contribution is 2.32. The number of aliphatic hydroxyl groups is 1. The fourth-order valence-corrected chi connectivity index (χ4v) is 2.74. The third kappa shape index (κ3) is 4.49. The lowest BCUT2D eigenvalue weighted by Gasteiger charge is -2.33. The summed E-state index contributed by atoms with van der Waals surface area (Å²) in [6.45, 7) is 1.37. The highest BCUT2D eigenvalue weighted by molar-refractivity contribution is 5.88. The lowest BCUT2D eigenvalue weighted by Crippen LogP contribution is -2.55. The van der Waals surface area contributed by atoms with Crippen LogP contribution >= 0.6 is 0 Å². The molecule has 4 N–H and O–H groups in total. The number of hydrogen-bond acceptors (Lipinski definition) is 4. The predicted molar refractivity (Wildman–Crippen MR) is 83.2 cm³/mol. The van der Waals surface area contributed by atoms with Gasteiger partial charge in [0.1, 0.15) is 6.04 Å². The number of carbonyl (C=O) groups is 2. The third-order valence-corrected chi connectivity index (χ3v) is 4.11. The highest BCUT2D eigenvalue weighted by Gasteiger charge is 2.34. The molecule has 2 amide bonds. The van der Waals surface area contributed by atoms with Crippen LogP contribution in [0.3, 0.4) is 0 Å². The van der Waals surface area contributed by atoms with Gasteiger partial charge < -0.3 is 21.1 Å². The molecule has 2 rings (SSSR count). The number of nitrogens with two attached hydrogens (primary N) is 1. The molecule has 1 aromatic rings. The van der Waals surface area contributed by atoms with Crippen LogP contribution in [0.15, 0.2) is 18.2 Å². The first-order valence-electron chi connectivity index (χ1n) is 7.78. The van der Waals surface area contributed by atoms with Gasteiger partial charge in [-0.1, -0.05) is 6.07 Å². The van der Waals surface area contributed by atoms with Crippen molar-refractivity contribution in [1.29, 1.82) is 0 Å². The summed E-state index contributed by atoms with van der Waals surface area (Å²) in [5.41, 5.74) is 5.64. The molecule has 6 nitrogen and oxygen atoms in total. The molecule has 1 heterocycles. The summed E-state index contributed by atoms with van der Waals surface area (Å²) >= 11 is 0. The molecule has 0 spiro atoms. The molecular formula is C16H20F3N3O3. The van der Waals surface area contributed by atoms with E-state index < -0.39 is 35.7 Å². The van der Waals surface area contributed by atoms with Crippen LogP contribution in [0.2, 0.25) is 0 Å². The number of fused-ring (bicyclic) bond motifs is 1. The SMILES string of the molecule is C[C@@H](O)[C@H](NC(=O)CN)C(=O)N1CCc2cc(C(F)(F)F)ccc2C1. The minimum Gasteiger partial charge on any atom is -0.391 e. The molecule has 0 saturated carbocycles. The van der Waals surface area contributed by atoms with Gasteiger partial charge in [-0.15, -0.1) is 0 Å². The summed E-state index contributed by atoms with van der Waals surface area (Å²) < 4.78 is 38.3. The van der Waals surface area contributed by atoms with Crippen molar-refractivity contribution in [2.24, 2.45) is 5.73 Å². The first-order valence-corrected chi connectivity index (χ1v) is 7.78. The van der Waals surface area contributed by atoms with Crippen LogP contribution < -0.4 is 11.1 Å². The van der Waals surface area contributed by atoms with Gasteiger partial charge in [0.25, 0.3) is 0 Å². The Morgan fingerprint density at radius 1 is 1.36 bits per heavy atom. The smallest absolute Gasteiger partial charge is 0.391 e. The average Bonchev–Trinajstić information content (AvgIpc) is 2.56. The van der Waals surface area contributed by atoms with Crippen LogP contribution in [0.1, 0.15) is 23.6 Å². The number of carbonyl (C=O) groups excluding carboxylic acids is 2. The first-order chi connectivity index (χ1) is 11.6. The Labute approximate surface area is 142 Å². The monoisotopic (exact) mass is 359 g/mol. The van der Waals surface area contributed by atoms with Crippen molar-refractivity contribution in [2.75, 3.05) is 13.1 Å². The van der Waals surface area contributed by atoms with E-state index in [9.17, 15) is 27.9 Å². The maximum Gasteiger partial charge on any atom is 0.416 e. The summed E-state index contributed by atoms with van der Waals surface area (Å²) in [5, 5.41) is 12.1. The molecule has 2 atom stereocenters. The van der Waals surface area contributed by atoms with E-state index in [2.05, 4.69) is 5.32 Å². The van der Waals surface area contributed by atoms with Crippen LogP contribution in [0, 0.1) is 0 Å². The Morgan fingerprint density at radius 2 is 2.04 bits per heavy atom. The number of alkyl halides is 3. The molecule has 0 aliphatic carbocycles. The zero-order chi connectivity index (χ0) is 18.8. The van der Waals surface area contributed by atoms with Crippen molar-refractivity contribution >= 4 is 11.8 Å². The number of hydrogen-bond donors (Lipinski definition) is 3. The number of halogens is 3. The van der Waals surface area contributed by atoms with Crippen LogP contribution in [-0.2, 0) is 28.7 Å². The standard InChI is InChI=1S/C16H20F3N3O3/c1-9(23)14(21-13(24)7-20)15(25)22-5-4-10-6-12(16(17,18)19)3-2-11(10)8-22/h2-3,6,9,14,23H,4-5,7-8,20H2,1H3,(H,21,24)/t9-,14+/m1/s1. The Morgan fingerprint density at radius 3 is 2.60 bits per heavy atom. The number of nitrogens with one attached hydrogen (secondary N) is 1. The molecular weight excluding hydrogens is 339 g/mol. The highest BCUT2D eigenvalue weighted by atomic mass is 19.4. The summed E-state index contributed by atoms with van der Waals surface area (Å²) in [6, 6.07) is 2.29. The molecule has 0 radical (unpaired) electrons. The molecule has 0 fully saturated rings. The summed E-state index contributed by atoms with van der Waals surface area (Å²) in [4.78, 5) is 25.4. The lowest BCUT2D eigenvalue weighted by atomic mass is 9.96. The Balaban J connectivity index is 2.15. The maximum absolute atomic E-state index is 12.8. The lowest BCUT2D eigenvalue weighted by molar-refractivity contribution is -0.140. The quantitative estimate of drug-likeness (QED) is 0.726. The normalized spacial score (nSPS) is 16.8. The van der Waals surface area contributed by atoms with E-state index in [0.29, 0.717) is 11.1 Å². The zero-order valence-electron chi connectivity index (χ0n) is 13.6. The van der Waals surface area contributed by atoms with Crippen LogP contribution in [0.5, 0.6) is 0 Å². The van der Waals surface area contributed by atoms with E-state index in [1.165, 1.54) is 17.9 Å². The predicted octanol–water partition coefficient (Wildman–Crippen LogP) is 0.414. The zero-order valence-corrected chi connectivity index (χ0v) is 13.6. The fourth-order valence-electron chi connectivity index (χ4n) is 2.74. The molecule has 9 heteroatoms. The van der Waals surface area contributed by atoms with Crippen molar-refractivity contribution < 1.29 is 27.9 Å². The van der Waals surface area contributed by atoms with Crippen molar-refractivity contribution in [2.45, 2.75) is 38.2 Å². The number of rotatable bonds is 4. The first kappa shape index (κ1) is 19.2. The summed E-state index contributed by atoms with van der Waals surface area (Å²) in [5.74, 6) is -1.08. The van der Waals surface area contributed by atoms with Gasteiger partial charge >= 0.3 is 6.18 Å². The second kappa shape index (κ2) is 7.40. The van der Waals surface area contributed by atoms with Crippen LogP contribution in [0.4, 0.5) is 13.2 Å². The molecule has 138 valence electrons. The van der Waals surface area contributed by atoms with E-state index in [4.69, 9.17) is 5.73 Å². The molecule has 0 unspecified atom stereocenters. The van der Waals surface area contributed by atoms with E-state index in [-0.39, 0.29) is 26.1 Å². The maximum atomic E-state index is 12.8. The number of aliphatic hydroxyl groups excluding tert-OH is 1. The number of nitrogens with zero attached hydrogens (tertiary/aromatic N) is 1. The topological polar surface area (TPSA) is 95.7 Å². The molecule has 0 bridgehead atoms. The van der Waals surface area contributed by atoms with Gasteiger partial charge in [-0.3, -0.25) is 9.59 Å². The Kier molecular flexibility index (Phi) is 5.69. The second-order valence-corrected chi connectivity index (χ2v) is 5.98.